The Hall–Kier alpha value is -1.06. The molecule has 1 saturated carbocycles. The van der Waals surface area contributed by atoms with Gasteiger partial charge in [0.15, 0.2) is 0 Å². The number of hydrogen-bond donors (Lipinski definition) is 1. The highest BCUT2D eigenvalue weighted by atomic mass is 16.5. The third kappa shape index (κ3) is 6.06. The van der Waals surface area contributed by atoms with Gasteiger partial charge in [0, 0.05) is 24.7 Å². The minimum absolute atomic E-state index is 0.154. The number of benzene rings is 1. The summed E-state index contributed by atoms with van der Waals surface area (Å²) in [5, 5.41) is 3.50. The standard InChI is InChI=1S/C18H30N2O/c1-5-20(16-8-9-16)12-13-21-17-10-6-15(7-11-17)14-19-18(2,3)4/h6-7,10-11,16,19H,5,8-9,12-14H2,1-4H3. The summed E-state index contributed by atoms with van der Waals surface area (Å²) in [5.74, 6) is 0.973. The first-order valence-electron chi connectivity index (χ1n) is 8.19. The predicted molar refractivity (Wildman–Crippen MR) is 88.8 cm³/mol. The van der Waals surface area contributed by atoms with Crippen molar-refractivity contribution in [3.63, 3.8) is 0 Å². The van der Waals surface area contributed by atoms with E-state index in [0.29, 0.717) is 0 Å². The topological polar surface area (TPSA) is 24.5 Å². The molecule has 3 heteroatoms. The van der Waals surface area contributed by atoms with Crippen LogP contribution < -0.4 is 10.1 Å². The zero-order valence-electron chi connectivity index (χ0n) is 14.0. The Bertz CT molecular complexity index is 418. The molecule has 0 bridgehead atoms. The highest BCUT2D eigenvalue weighted by Gasteiger charge is 2.27. The lowest BCUT2D eigenvalue weighted by Gasteiger charge is -2.21. The minimum Gasteiger partial charge on any atom is -0.492 e. The van der Waals surface area contributed by atoms with Crippen molar-refractivity contribution >= 4 is 0 Å². The second kappa shape index (κ2) is 7.28. The number of nitrogens with zero attached hydrogens (tertiary/aromatic N) is 1. The SMILES string of the molecule is CCN(CCOc1ccc(CNC(C)(C)C)cc1)C1CC1. The predicted octanol–water partition coefficient (Wildman–Crippen LogP) is 3.44. The zero-order valence-corrected chi connectivity index (χ0v) is 14.0. The molecular formula is C18H30N2O. The quantitative estimate of drug-likeness (QED) is 0.794. The average molecular weight is 290 g/mol. The molecule has 0 aliphatic heterocycles. The highest BCUT2D eigenvalue weighted by molar-refractivity contribution is 5.27. The lowest BCUT2D eigenvalue weighted by Crippen LogP contribution is -2.35. The van der Waals surface area contributed by atoms with Gasteiger partial charge in [-0.15, -0.1) is 0 Å². The number of nitrogens with one attached hydrogen (secondary N) is 1. The molecule has 0 aromatic heterocycles. The van der Waals surface area contributed by atoms with Crippen LogP contribution in [0.5, 0.6) is 5.75 Å². The maximum Gasteiger partial charge on any atom is 0.119 e. The first-order chi connectivity index (χ1) is 9.98. The molecule has 1 aliphatic carbocycles. The maximum absolute atomic E-state index is 5.85. The molecule has 2 rings (SSSR count). The first kappa shape index (κ1) is 16.3. The van der Waals surface area contributed by atoms with Gasteiger partial charge in [0.25, 0.3) is 0 Å². The fourth-order valence-electron chi connectivity index (χ4n) is 2.39. The molecule has 1 fully saturated rings. The lowest BCUT2D eigenvalue weighted by molar-refractivity contribution is 0.209. The molecule has 0 radical (unpaired) electrons. The smallest absolute Gasteiger partial charge is 0.119 e. The number of hydrogen-bond acceptors (Lipinski definition) is 3. The average Bonchev–Trinajstić information content (AvgIpc) is 3.26. The number of ether oxygens (including phenoxy) is 1. The summed E-state index contributed by atoms with van der Waals surface area (Å²) in [6.45, 7) is 12.6. The van der Waals surface area contributed by atoms with E-state index in [1.165, 1.54) is 18.4 Å². The van der Waals surface area contributed by atoms with Crippen molar-refractivity contribution in [2.24, 2.45) is 0 Å². The molecule has 0 unspecified atom stereocenters. The van der Waals surface area contributed by atoms with Crippen molar-refractivity contribution in [3.8, 4) is 5.75 Å². The Balaban J connectivity index is 1.71. The molecule has 1 aromatic carbocycles. The summed E-state index contributed by atoms with van der Waals surface area (Å²) in [4.78, 5) is 2.52. The Labute approximate surface area is 129 Å². The van der Waals surface area contributed by atoms with Crippen LogP contribution in [-0.4, -0.2) is 36.2 Å². The molecule has 0 heterocycles. The number of likely N-dealkylation sites (N-methyl/N-ethyl adjacent to an activating group) is 1. The fourth-order valence-corrected chi connectivity index (χ4v) is 2.39. The van der Waals surface area contributed by atoms with E-state index < -0.39 is 0 Å². The van der Waals surface area contributed by atoms with Gasteiger partial charge in [-0.1, -0.05) is 19.1 Å². The summed E-state index contributed by atoms with van der Waals surface area (Å²) in [6, 6.07) is 9.27. The molecule has 1 aromatic rings. The van der Waals surface area contributed by atoms with E-state index in [4.69, 9.17) is 4.74 Å². The Morgan fingerprint density at radius 2 is 1.86 bits per heavy atom. The van der Waals surface area contributed by atoms with Crippen molar-refractivity contribution in [2.45, 2.75) is 58.7 Å². The highest BCUT2D eigenvalue weighted by Crippen LogP contribution is 2.26. The molecule has 0 spiro atoms. The van der Waals surface area contributed by atoms with E-state index in [-0.39, 0.29) is 5.54 Å². The van der Waals surface area contributed by atoms with Gasteiger partial charge < -0.3 is 10.1 Å². The molecular weight excluding hydrogens is 260 g/mol. The van der Waals surface area contributed by atoms with Crippen LogP contribution in [0.15, 0.2) is 24.3 Å². The second-order valence-corrected chi connectivity index (χ2v) is 6.96. The van der Waals surface area contributed by atoms with Crippen LogP contribution in [0.2, 0.25) is 0 Å². The lowest BCUT2D eigenvalue weighted by atomic mass is 10.1. The van der Waals surface area contributed by atoms with Crippen LogP contribution >= 0.6 is 0 Å². The third-order valence-corrected chi connectivity index (χ3v) is 3.86. The van der Waals surface area contributed by atoms with Crippen molar-refractivity contribution in [1.82, 2.24) is 10.2 Å². The molecule has 1 N–H and O–H groups in total. The van der Waals surface area contributed by atoms with Gasteiger partial charge in [0.05, 0.1) is 0 Å². The monoisotopic (exact) mass is 290 g/mol. The van der Waals surface area contributed by atoms with Gasteiger partial charge in [-0.05, 0) is 57.9 Å². The van der Waals surface area contributed by atoms with E-state index in [0.717, 1.165) is 38.0 Å². The summed E-state index contributed by atoms with van der Waals surface area (Å²) in [7, 11) is 0. The van der Waals surface area contributed by atoms with E-state index in [9.17, 15) is 0 Å². The fraction of sp³-hybridized carbons (Fsp3) is 0.667. The zero-order chi connectivity index (χ0) is 15.3. The molecule has 0 saturated heterocycles. The second-order valence-electron chi connectivity index (χ2n) is 6.96. The minimum atomic E-state index is 0.154. The van der Waals surface area contributed by atoms with Crippen molar-refractivity contribution < 1.29 is 4.74 Å². The van der Waals surface area contributed by atoms with Gasteiger partial charge in [-0.2, -0.15) is 0 Å². The van der Waals surface area contributed by atoms with Crippen molar-refractivity contribution in [3.05, 3.63) is 29.8 Å². The molecule has 0 amide bonds. The molecule has 21 heavy (non-hydrogen) atoms. The Kier molecular flexibility index (Phi) is 5.65. The van der Waals surface area contributed by atoms with Crippen LogP contribution in [0.1, 0.15) is 46.1 Å². The van der Waals surface area contributed by atoms with Crippen molar-refractivity contribution in [1.29, 1.82) is 0 Å². The van der Waals surface area contributed by atoms with Crippen LogP contribution in [-0.2, 0) is 6.54 Å². The van der Waals surface area contributed by atoms with E-state index in [1.54, 1.807) is 0 Å². The normalized spacial score (nSPS) is 15.5. The number of rotatable bonds is 8. The Morgan fingerprint density at radius 1 is 1.19 bits per heavy atom. The maximum atomic E-state index is 5.85. The van der Waals surface area contributed by atoms with E-state index in [2.05, 4.69) is 62.2 Å². The summed E-state index contributed by atoms with van der Waals surface area (Å²) >= 11 is 0. The summed E-state index contributed by atoms with van der Waals surface area (Å²) in [5.41, 5.74) is 1.45. The van der Waals surface area contributed by atoms with Gasteiger partial charge in [-0.25, -0.2) is 0 Å². The molecule has 0 atom stereocenters. The molecule has 118 valence electrons. The summed E-state index contributed by atoms with van der Waals surface area (Å²) in [6.07, 6.45) is 2.73. The van der Waals surface area contributed by atoms with Gasteiger partial charge in [0.1, 0.15) is 12.4 Å². The third-order valence-electron chi connectivity index (χ3n) is 3.86. The Morgan fingerprint density at radius 3 is 2.38 bits per heavy atom. The largest absolute Gasteiger partial charge is 0.492 e. The van der Waals surface area contributed by atoms with Crippen LogP contribution in [0.4, 0.5) is 0 Å². The van der Waals surface area contributed by atoms with E-state index in [1.807, 2.05) is 0 Å². The summed E-state index contributed by atoms with van der Waals surface area (Å²) < 4.78 is 5.85. The van der Waals surface area contributed by atoms with E-state index >= 15 is 0 Å². The van der Waals surface area contributed by atoms with Gasteiger partial charge in [0.2, 0.25) is 0 Å². The van der Waals surface area contributed by atoms with Crippen LogP contribution in [0.25, 0.3) is 0 Å². The first-order valence-corrected chi connectivity index (χ1v) is 8.19. The molecule has 3 nitrogen and oxygen atoms in total. The van der Waals surface area contributed by atoms with Crippen molar-refractivity contribution in [2.75, 3.05) is 19.7 Å². The van der Waals surface area contributed by atoms with Crippen LogP contribution in [0, 0.1) is 0 Å². The van der Waals surface area contributed by atoms with Gasteiger partial charge in [-0.3, -0.25) is 4.90 Å². The van der Waals surface area contributed by atoms with Crippen LogP contribution in [0.3, 0.4) is 0 Å². The molecule has 1 aliphatic rings. The van der Waals surface area contributed by atoms with Gasteiger partial charge >= 0.3 is 0 Å².